The third-order valence-electron chi connectivity index (χ3n) is 6.56. The Labute approximate surface area is 214 Å². The number of fused-ring (bicyclic) bond motifs is 9. The van der Waals surface area contributed by atoms with Crippen LogP contribution in [0.15, 0.2) is 48.7 Å². The number of hydrogen-bond donors (Lipinski definition) is 2. The lowest BCUT2D eigenvalue weighted by Gasteiger charge is -2.18. The van der Waals surface area contributed by atoms with Gasteiger partial charge in [0.2, 0.25) is 5.95 Å². The van der Waals surface area contributed by atoms with Gasteiger partial charge in [-0.05, 0) is 74.9 Å². The van der Waals surface area contributed by atoms with Gasteiger partial charge in [-0.25, -0.2) is 9.97 Å². The van der Waals surface area contributed by atoms with Crippen molar-refractivity contribution in [1.29, 1.82) is 0 Å². The van der Waals surface area contributed by atoms with Gasteiger partial charge in [0.25, 0.3) is 11.6 Å². The van der Waals surface area contributed by atoms with E-state index < -0.39 is 4.92 Å². The second kappa shape index (κ2) is 11.3. The van der Waals surface area contributed by atoms with Crippen LogP contribution in [0, 0.1) is 10.1 Å². The zero-order valence-corrected chi connectivity index (χ0v) is 20.4. The summed E-state index contributed by atoms with van der Waals surface area (Å²) in [6.45, 7) is 1.37. The summed E-state index contributed by atoms with van der Waals surface area (Å²) in [7, 11) is 0. The number of nitro benzene ring substituents is 1. The molecule has 1 aromatic heterocycles. The minimum Gasteiger partial charge on any atom is -0.490 e. The average Bonchev–Trinajstić information content (AvgIpc) is 3.42. The van der Waals surface area contributed by atoms with Gasteiger partial charge < -0.3 is 20.1 Å². The molecular formula is C27H29N5O5. The second-order valence-electron chi connectivity index (χ2n) is 9.24. The molecule has 37 heavy (non-hydrogen) atoms. The number of hydrogen-bond acceptors (Lipinski definition) is 8. The Morgan fingerprint density at radius 3 is 2.76 bits per heavy atom. The fraction of sp³-hybridized carbons (Fsp3) is 0.370. The Kier molecular flexibility index (Phi) is 7.55. The van der Waals surface area contributed by atoms with E-state index in [1.54, 1.807) is 24.4 Å². The van der Waals surface area contributed by atoms with Crippen molar-refractivity contribution in [2.24, 2.45) is 0 Å². The molecule has 1 amide bonds. The highest BCUT2D eigenvalue weighted by atomic mass is 16.6. The van der Waals surface area contributed by atoms with E-state index in [4.69, 9.17) is 9.47 Å². The van der Waals surface area contributed by atoms with Crippen molar-refractivity contribution >= 4 is 23.2 Å². The lowest BCUT2D eigenvalue weighted by molar-refractivity contribution is -0.384. The van der Waals surface area contributed by atoms with Crippen LogP contribution in [0.4, 0.5) is 17.3 Å². The van der Waals surface area contributed by atoms with Crippen molar-refractivity contribution in [3.63, 3.8) is 0 Å². The first kappa shape index (κ1) is 24.6. The van der Waals surface area contributed by atoms with Crippen LogP contribution in [0.3, 0.4) is 0 Å². The van der Waals surface area contributed by atoms with Crippen molar-refractivity contribution in [1.82, 2.24) is 15.3 Å². The maximum Gasteiger partial charge on any atom is 0.279 e. The predicted octanol–water partition coefficient (Wildman–Crippen LogP) is 5.16. The number of carbonyl (C=O) groups excluding carboxylic acids is 1. The van der Waals surface area contributed by atoms with Crippen LogP contribution in [0.5, 0.6) is 5.75 Å². The Balaban J connectivity index is 1.48. The van der Waals surface area contributed by atoms with Crippen molar-refractivity contribution in [2.75, 3.05) is 18.5 Å². The molecule has 2 N–H and O–H groups in total. The zero-order chi connectivity index (χ0) is 25.6. The molecule has 3 aliphatic rings. The van der Waals surface area contributed by atoms with Crippen LogP contribution >= 0.6 is 0 Å². The Morgan fingerprint density at radius 1 is 1.05 bits per heavy atom. The lowest BCUT2D eigenvalue weighted by atomic mass is 10.1. The molecular weight excluding hydrogens is 474 g/mol. The van der Waals surface area contributed by atoms with Gasteiger partial charge in [-0.3, -0.25) is 14.9 Å². The number of carbonyl (C=O) groups is 1. The Morgan fingerprint density at radius 2 is 1.92 bits per heavy atom. The van der Waals surface area contributed by atoms with Crippen molar-refractivity contribution < 1.29 is 19.2 Å². The van der Waals surface area contributed by atoms with Crippen molar-refractivity contribution in [3.8, 4) is 17.0 Å². The Bertz CT molecular complexity index is 1290. The maximum absolute atomic E-state index is 12.6. The van der Waals surface area contributed by atoms with Gasteiger partial charge in [0.1, 0.15) is 5.75 Å². The van der Waals surface area contributed by atoms with Gasteiger partial charge in [0, 0.05) is 42.2 Å². The molecule has 1 aliphatic carbocycles. The molecule has 1 fully saturated rings. The second-order valence-corrected chi connectivity index (χ2v) is 9.24. The monoisotopic (exact) mass is 503 g/mol. The standard InChI is InChI=1S/C27H29N5O5/c33-26-18-7-9-22(24(16-18)32(34)35)23-11-13-29-27(31-23)30-20-8-10-25(37-21-5-1-2-6-21)19(15-20)17-36-14-4-3-12-28-26/h7-11,13,15-16,21H,1-6,12,14,17H2,(H,28,33)(H,29,30,31). The molecule has 0 radical (unpaired) electrons. The van der Waals surface area contributed by atoms with E-state index in [9.17, 15) is 14.9 Å². The van der Waals surface area contributed by atoms with Gasteiger partial charge in [0.05, 0.1) is 28.9 Å². The summed E-state index contributed by atoms with van der Waals surface area (Å²) < 4.78 is 12.2. The molecule has 3 aromatic rings. The quantitative estimate of drug-likeness (QED) is 0.371. The summed E-state index contributed by atoms with van der Waals surface area (Å²) >= 11 is 0. The van der Waals surface area contributed by atoms with Gasteiger partial charge in [-0.2, -0.15) is 0 Å². The first-order chi connectivity index (χ1) is 18.1. The highest BCUT2D eigenvalue weighted by Gasteiger charge is 2.21. The normalized spacial score (nSPS) is 16.7. The summed E-state index contributed by atoms with van der Waals surface area (Å²) in [6.07, 6.45) is 7.72. The van der Waals surface area contributed by atoms with E-state index in [0.29, 0.717) is 37.0 Å². The van der Waals surface area contributed by atoms with Gasteiger partial charge in [0.15, 0.2) is 0 Å². The van der Waals surface area contributed by atoms with Crippen LogP contribution in [0.2, 0.25) is 0 Å². The number of anilines is 2. The van der Waals surface area contributed by atoms with Gasteiger partial charge in [-0.15, -0.1) is 0 Å². The fourth-order valence-electron chi connectivity index (χ4n) is 4.62. The summed E-state index contributed by atoms with van der Waals surface area (Å²) in [5.41, 5.74) is 2.39. The number of nitrogens with one attached hydrogen (secondary N) is 2. The van der Waals surface area contributed by atoms with Gasteiger partial charge >= 0.3 is 0 Å². The van der Waals surface area contributed by atoms with Crippen LogP contribution in [-0.4, -0.2) is 40.1 Å². The molecule has 0 spiro atoms. The van der Waals surface area contributed by atoms with E-state index in [0.717, 1.165) is 42.7 Å². The minimum atomic E-state index is -0.503. The molecule has 10 nitrogen and oxygen atoms in total. The number of rotatable bonds is 3. The summed E-state index contributed by atoms with van der Waals surface area (Å²) in [4.78, 5) is 32.7. The van der Waals surface area contributed by atoms with E-state index in [2.05, 4.69) is 20.6 Å². The summed E-state index contributed by atoms with van der Waals surface area (Å²) in [6, 6.07) is 11.8. The maximum atomic E-state index is 12.6. The predicted molar refractivity (Wildman–Crippen MR) is 138 cm³/mol. The van der Waals surface area contributed by atoms with Crippen LogP contribution in [0.1, 0.15) is 54.4 Å². The first-order valence-electron chi connectivity index (χ1n) is 12.6. The first-order valence-corrected chi connectivity index (χ1v) is 12.6. The van der Waals surface area contributed by atoms with E-state index in [1.165, 1.54) is 18.9 Å². The lowest BCUT2D eigenvalue weighted by Crippen LogP contribution is -2.24. The number of benzene rings is 2. The Hall–Kier alpha value is -4.05. The molecule has 2 aliphatic heterocycles. The highest BCUT2D eigenvalue weighted by Crippen LogP contribution is 2.32. The molecule has 3 heterocycles. The molecule has 0 saturated heterocycles. The van der Waals surface area contributed by atoms with E-state index >= 15 is 0 Å². The van der Waals surface area contributed by atoms with E-state index in [-0.39, 0.29) is 23.3 Å². The summed E-state index contributed by atoms with van der Waals surface area (Å²) in [5, 5.41) is 17.9. The zero-order valence-electron chi connectivity index (χ0n) is 20.4. The number of aromatic nitrogens is 2. The van der Waals surface area contributed by atoms with Crippen molar-refractivity contribution in [3.05, 3.63) is 69.9 Å². The largest absolute Gasteiger partial charge is 0.490 e. The molecule has 6 rings (SSSR count). The van der Waals surface area contributed by atoms with Crippen LogP contribution < -0.4 is 15.4 Å². The third kappa shape index (κ3) is 6.03. The minimum absolute atomic E-state index is 0.195. The fourth-order valence-corrected chi connectivity index (χ4v) is 4.62. The molecule has 0 unspecified atom stereocenters. The molecule has 0 atom stereocenters. The van der Waals surface area contributed by atoms with Crippen LogP contribution in [0.25, 0.3) is 11.3 Å². The molecule has 6 bridgehead atoms. The van der Waals surface area contributed by atoms with Crippen LogP contribution in [-0.2, 0) is 11.3 Å². The smallest absolute Gasteiger partial charge is 0.279 e. The highest BCUT2D eigenvalue weighted by molar-refractivity contribution is 5.96. The third-order valence-corrected chi connectivity index (χ3v) is 6.56. The SMILES string of the molecule is O=C1NCCCCOCc2cc(ccc2OC2CCCC2)Nc2nccc(n2)-c2ccc1cc2[N+](=O)[O-]. The van der Waals surface area contributed by atoms with Crippen molar-refractivity contribution in [2.45, 2.75) is 51.2 Å². The average molecular weight is 504 g/mol. The summed E-state index contributed by atoms with van der Waals surface area (Å²) in [5.74, 6) is 0.742. The number of ether oxygens (including phenoxy) is 2. The molecule has 2 aromatic carbocycles. The van der Waals surface area contributed by atoms with E-state index in [1.807, 2.05) is 18.2 Å². The number of nitro groups is 1. The number of amides is 1. The molecule has 1 saturated carbocycles. The molecule has 192 valence electrons. The molecule has 10 heteroatoms. The number of nitrogens with zero attached hydrogens (tertiary/aromatic N) is 3. The van der Waals surface area contributed by atoms with Gasteiger partial charge in [-0.1, -0.05) is 0 Å². The topological polar surface area (TPSA) is 129 Å².